The topological polar surface area (TPSA) is 53.6 Å². The number of halogens is 3. The van der Waals surface area contributed by atoms with Gasteiger partial charge >= 0.3 is 6.18 Å². The van der Waals surface area contributed by atoms with Gasteiger partial charge in [-0.05, 0) is 31.0 Å². The van der Waals surface area contributed by atoms with Gasteiger partial charge in [0.05, 0.1) is 12.2 Å². The van der Waals surface area contributed by atoms with Crippen molar-refractivity contribution in [2.75, 3.05) is 5.32 Å². The minimum atomic E-state index is -4.42. The molecule has 2 N–H and O–H groups in total. The minimum Gasteiger partial charge on any atom is -0.364 e. The van der Waals surface area contributed by atoms with Gasteiger partial charge < -0.3 is 5.32 Å². The van der Waals surface area contributed by atoms with Crippen LogP contribution in [0, 0.1) is 0 Å². The Balaban J connectivity index is 1.64. The number of hydrogen-bond donors (Lipinski definition) is 2. The van der Waals surface area contributed by atoms with E-state index in [-0.39, 0.29) is 6.54 Å². The first-order valence-corrected chi connectivity index (χ1v) is 6.35. The summed E-state index contributed by atoms with van der Waals surface area (Å²) in [5.41, 5.74) is 0.500. The molecule has 7 heteroatoms. The molecule has 2 aromatic heterocycles. The van der Waals surface area contributed by atoms with Crippen LogP contribution in [0.5, 0.6) is 0 Å². The molecule has 0 aliphatic heterocycles. The summed E-state index contributed by atoms with van der Waals surface area (Å²) in [6.07, 6.45) is -2.10. The van der Waals surface area contributed by atoms with Crippen LogP contribution in [-0.2, 0) is 12.7 Å². The summed E-state index contributed by atoms with van der Waals surface area (Å²) in [5, 5.41) is 8.62. The number of pyridine rings is 1. The van der Waals surface area contributed by atoms with E-state index in [4.69, 9.17) is 0 Å². The average molecular weight is 282 g/mol. The number of rotatable bonds is 4. The molecule has 1 aliphatic carbocycles. The summed E-state index contributed by atoms with van der Waals surface area (Å²) in [4.78, 5) is 4.44. The van der Waals surface area contributed by atoms with E-state index >= 15 is 0 Å². The van der Waals surface area contributed by atoms with Crippen LogP contribution in [0.4, 0.5) is 19.0 Å². The third-order valence-corrected chi connectivity index (χ3v) is 3.15. The summed E-state index contributed by atoms with van der Waals surface area (Å²) in [7, 11) is 0. The first kappa shape index (κ1) is 13.0. The molecule has 20 heavy (non-hydrogen) atoms. The lowest BCUT2D eigenvalue weighted by atomic mass is 10.2. The Bertz CT molecular complexity index is 602. The van der Waals surface area contributed by atoms with Crippen molar-refractivity contribution >= 4 is 5.82 Å². The van der Waals surface area contributed by atoms with E-state index in [2.05, 4.69) is 20.5 Å². The van der Waals surface area contributed by atoms with E-state index in [1.165, 1.54) is 0 Å². The predicted octanol–water partition coefficient (Wildman–Crippen LogP) is 3.31. The van der Waals surface area contributed by atoms with Crippen molar-refractivity contribution < 1.29 is 13.2 Å². The second-order valence-electron chi connectivity index (χ2n) is 4.85. The highest BCUT2D eigenvalue weighted by atomic mass is 19.4. The van der Waals surface area contributed by atoms with Gasteiger partial charge in [-0.3, -0.25) is 5.10 Å². The predicted molar refractivity (Wildman–Crippen MR) is 67.1 cm³/mol. The lowest BCUT2D eigenvalue weighted by molar-refractivity contribution is -0.141. The maximum Gasteiger partial charge on any atom is 0.435 e. The Hall–Kier alpha value is -2.05. The van der Waals surface area contributed by atoms with Crippen LogP contribution in [0.25, 0.3) is 0 Å². The highest BCUT2D eigenvalue weighted by molar-refractivity contribution is 5.37. The monoisotopic (exact) mass is 282 g/mol. The molecule has 106 valence electrons. The summed E-state index contributed by atoms with van der Waals surface area (Å²) in [5.74, 6) is 1.21. The number of nitrogens with zero attached hydrogens (tertiary/aromatic N) is 2. The molecule has 1 fully saturated rings. The Morgan fingerprint density at radius 1 is 1.30 bits per heavy atom. The van der Waals surface area contributed by atoms with E-state index in [1.807, 2.05) is 12.1 Å². The fraction of sp³-hybridized carbons (Fsp3) is 0.385. The van der Waals surface area contributed by atoms with E-state index in [0.29, 0.717) is 17.4 Å². The number of aromatic nitrogens is 3. The summed E-state index contributed by atoms with van der Waals surface area (Å²) >= 11 is 0. The molecule has 0 unspecified atom stereocenters. The smallest absolute Gasteiger partial charge is 0.364 e. The number of alkyl halides is 3. The SMILES string of the molecule is FC(F)(F)c1cc(CNc2cccc(C3CC3)n2)[nH]n1. The molecule has 0 bridgehead atoms. The summed E-state index contributed by atoms with van der Waals surface area (Å²) in [6.45, 7) is 0.226. The molecule has 2 aromatic rings. The molecule has 4 nitrogen and oxygen atoms in total. The van der Waals surface area contributed by atoms with Gasteiger partial charge in [-0.25, -0.2) is 4.98 Å². The molecule has 2 heterocycles. The molecule has 0 saturated heterocycles. The summed E-state index contributed by atoms with van der Waals surface area (Å²) in [6, 6.07) is 6.67. The van der Waals surface area contributed by atoms with Crippen molar-refractivity contribution in [1.29, 1.82) is 0 Å². The van der Waals surface area contributed by atoms with Crippen molar-refractivity contribution in [3.63, 3.8) is 0 Å². The first-order valence-electron chi connectivity index (χ1n) is 6.35. The van der Waals surface area contributed by atoms with Crippen molar-refractivity contribution in [3.05, 3.63) is 41.3 Å². The molecular weight excluding hydrogens is 269 g/mol. The highest BCUT2D eigenvalue weighted by Crippen LogP contribution is 2.39. The maximum atomic E-state index is 12.4. The van der Waals surface area contributed by atoms with Crippen molar-refractivity contribution in [3.8, 4) is 0 Å². The van der Waals surface area contributed by atoms with E-state index in [1.54, 1.807) is 6.07 Å². The van der Waals surface area contributed by atoms with Crippen LogP contribution >= 0.6 is 0 Å². The Morgan fingerprint density at radius 3 is 2.75 bits per heavy atom. The number of nitrogens with one attached hydrogen (secondary N) is 2. The third kappa shape index (κ3) is 2.92. The van der Waals surface area contributed by atoms with Crippen LogP contribution in [0.1, 0.15) is 35.8 Å². The van der Waals surface area contributed by atoms with Crippen LogP contribution in [0.2, 0.25) is 0 Å². The largest absolute Gasteiger partial charge is 0.435 e. The Morgan fingerprint density at radius 2 is 2.10 bits per heavy atom. The van der Waals surface area contributed by atoms with Crippen molar-refractivity contribution in [1.82, 2.24) is 15.2 Å². The zero-order valence-corrected chi connectivity index (χ0v) is 10.5. The Labute approximate surface area is 113 Å². The minimum absolute atomic E-state index is 0.226. The van der Waals surface area contributed by atoms with Gasteiger partial charge in [0, 0.05) is 11.6 Å². The average Bonchev–Trinajstić information content (AvgIpc) is 3.14. The van der Waals surface area contributed by atoms with Crippen LogP contribution in [0.3, 0.4) is 0 Å². The van der Waals surface area contributed by atoms with E-state index in [9.17, 15) is 13.2 Å². The van der Waals surface area contributed by atoms with Gasteiger partial charge in [-0.15, -0.1) is 0 Å². The maximum absolute atomic E-state index is 12.4. The van der Waals surface area contributed by atoms with Crippen LogP contribution < -0.4 is 5.32 Å². The fourth-order valence-corrected chi connectivity index (χ4v) is 1.94. The lowest BCUT2D eigenvalue weighted by Crippen LogP contribution is -2.05. The zero-order chi connectivity index (χ0) is 14.2. The molecule has 0 aromatic carbocycles. The molecule has 3 rings (SSSR count). The van der Waals surface area contributed by atoms with Gasteiger partial charge in [0.1, 0.15) is 5.82 Å². The van der Waals surface area contributed by atoms with E-state index < -0.39 is 11.9 Å². The molecule has 0 spiro atoms. The number of hydrogen-bond acceptors (Lipinski definition) is 3. The first-order chi connectivity index (χ1) is 9.52. The van der Waals surface area contributed by atoms with Gasteiger partial charge in [0.25, 0.3) is 0 Å². The van der Waals surface area contributed by atoms with Crippen molar-refractivity contribution in [2.24, 2.45) is 0 Å². The second kappa shape index (κ2) is 4.81. The molecule has 0 amide bonds. The van der Waals surface area contributed by atoms with Gasteiger partial charge in [-0.2, -0.15) is 18.3 Å². The molecule has 0 radical (unpaired) electrons. The highest BCUT2D eigenvalue weighted by Gasteiger charge is 2.33. The normalized spacial score (nSPS) is 15.3. The van der Waals surface area contributed by atoms with E-state index in [0.717, 1.165) is 24.6 Å². The standard InChI is InChI=1S/C13H13F3N4/c14-13(15,16)11-6-9(19-20-11)7-17-12-3-1-2-10(18-12)8-4-5-8/h1-3,6,8H,4-5,7H2,(H,17,18)(H,19,20). The van der Waals surface area contributed by atoms with Gasteiger partial charge in [-0.1, -0.05) is 6.07 Å². The quantitative estimate of drug-likeness (QED) is 0.904. The molecule has 1 aliphatic rings. The fourth-order valence-electron chi connectivity index (χ4n) is 1.94. The third-order valence-electron chi connectivity index (χ3n) is 3.15. The second-order valence-corrected chi connectivity index (χ2v) is 4.85. The van der Waals surface area contributed by atoms with Crippen molar-refractivity contribution in [2.45, 2.75) is 31.5 Å². The summed E-state index contributed by atoms with van der Waals surface area (Å²) < 4.78 is 37.2. The van der Waals surface area contributed by atoms with Gasteiger partial charge in [0.15, 0.2) is 5.69 Å². The zero-order valence-electron chi connectivity index (χ0n) is 10.5. The molecular formula is C13H13F3N4. The Kier molecular flexibility index (Phi) is 3.11. The lowest BCUT2D eigenvalue weighted by Gasteiger charge is -2.05. The van der Waals surface area contributed by atoms with Gasteiger partial charge in [0.2, 0.25) is 0 Å². The number of aromatic amines is 1. The molecule has 1 saturated carbocycles. The number of H-pyrrole nitrogens is 1. The van der Waals surface area contributed by atoms with Crippen LogP contribution in [0.15, 0.2) is 24.3 Å². The molecule has 0 atom stereocenters. The number of anilines is 1. The van der Waals surface area contributed by atoms with Crippen LogP contribution in [-0.4, -0.2) is 15.2 Å².